The molecule has 0 spiro atoms. The first-order valence-corrected chi connectivity index (χ1v) is 9.30. The Bertz CT molecular complexity index is 669. The van der Waals surface area contributed by atoms with E-state index in [-0.39, 0.29) is 32.0 Å². The van der Waals surface area contributed by atoms with Gasteiger partial charge in [-0.1, -0.05) is 5.16 Å². The third kappa shape index (κ3) is 4.51. The maximum Gasteiger partial charge on any atom is 0.282 e. The molecule has 1 saturated heterocycles. The number of nitriles is 1. The molecule has 0 aliphatic carbocycles. The third-order valence-corrected chi connectivity index (χ3v) is 5.95. The molecule has 0 bridgehead atoms. The molecule has 0 radical (unpaired) electrons. The number of rotatable bonds is 8. The number of aromatic nitrogens is 2. The van der Waals surface area contributed by atoms with E-state index in [0.717, 1.165) is 12.8 Å². The monoisotopic (exact) mass is 357 g/mol. The van der Waals surface area contributed by atoms with Crippen molar-refractivity contribution in [2.24, 2.45) is 0 Å². The molecule has 2 heterocycles. The van der Waals surface area contributed by atoms with Crippen molar-refractivity contribution in [3.63, 3.8) is 0 Å². The van der Waals surface area contributed by atoms with Crippen LogP contribution in [0.2, 0.25) is 0 Å². The van der Waals surface area contributed by atoms with E-state index >= 15 is 0 Å². The fraction of sp³-hybridized carbons (Fsp3) is 0.786. The summed E-state index contributed by atoms with van der Waals surface area (Å²) in [5.41, 5.74) is 0. The minimum atomic E-state index is -3.66. The number of hydrogen-bond acceptors (Lipinski definition) is 7. The molecular formula is C14H23N5O4S. The highest BCUT2D eigenvalue weighted by Gasteiger charge is 2.35. The standard InChI is InChI=1S/C14H23N5O4S/c1-12-16-14(23-17-12)13-5-3-7-19(11-13)24(20,21)18(8-4-6-15)9-10-22-2/h13H,3-5,7-11H2,1-2H3/t13-/m0/s1. The number of piperidine rings is 1. The van der Waals surface area contributed by atoms with Gasteiger partial charge in [0.1, 0.15) is 0 Å². The Morgan fingerprint density at radius 1 is 1.50 bits per heavy atom. The molecule has 0 unspecified atom stereocenters. The summed E-state index contributed by atoms with van der Waals surface area (Å²) in [5.74, 6) is 0.920. The van der Waals surface area contributed by atoms with Gasteiger partial charge in [-0.05, 0) is 19.8 Å². The Labute approximate surface area is 142 Å². The molecular weight excluding hydrogens is 334 g/mol. The lowest BCUT2D eigenvalue weighted by molar-refractivity contribution is 0.173. The molecule has 0 saturated carbocycles. The zero-order valence-corrected chi connectivity index (χ0v) is 14.8. The summed E-state index contributed by atoms with van der Waals surface area (Å²) < 4.78 is 38.7. The van der Waals surface area contributed by atoms with Crippen LogP contribution in [-0.4, -0.2) is 67.1 Å². The van der Waals surface area contributed by atoms with Gasteiger partial charge in [-0.25, -0.2) is 0 Å². The minimum Gasteiger partial charge on any atom is -0.383 e. The van der Waals surface area contributed by atoms with Gasteiger partial charge in [0.25, 0.3) is 10.2 Å². The molecule has 0 amide bonds. The van der Waals surface area contributed by atoms with Crippen LogP contribution in [0.25, 0.3) is 0 Å². The van der Waals surface area contributed by atoms with Crippen LogP contribution in [0.5, 0.6) is 0 Å². The van der Waals surface area contributed by atoms with Crippen molar-refractivity contribution >= 4 is 10.2 Å². The van der Waals surface area contributed by atoms with Gasteiger partial charge >= 0.3 is 0 Å². The van der Waals surface area contributed by atoms with Crippen LogP contribution >= 0.6 is 0 Å². The predicted octanol–water partition coefficient (Wildman–Crippen LogP) is 0.664. The first-order valence-electron chi connectivity index (χ1n) is 7.90. The normalized spacial score (nSPS) is 19.5. The maximum absolute atomic E-state index is 12.9. The van der Waals surface area contributed by atoms with Crippen molar-refractivity contribution in [1.29, 1.82) is 5.26 Å². The molecule has 1 fully saturated rings. The van der Waals surface area contributed by atoms with Crippen molar-refractivity contribution in [3.8, 4) is 6.07 Å². The summed E-state index contributed by atoms with van der Waals surface area (Å²) in [7, 11) is -2.14. The molecule has 0 aromatic carbocycles. The van der Waals surface area contributed by atoms with Gasteiger partial charge in [0, 0.05) is 39.7 Å². The quantitative estimate of drug-likeness (QED) is 0.672. The van der Waals surface area contributed by atoms with Gasteiger partial charge in [-0.15, -0.1) is 0 Å². The Hall–Kier alpha value is -1.54. The minimum absolute atomic E-state index is 0.102. The Balaban J connectivity index is 2.12. The Morgan fingerprint density at radius 3 is 2.92 bits per heavy atom. The van der Waals surface area contributed by atoms with E-state index in [1.165, 1.54) is 15.7 Å². The number of nitrogens with zero attached hydrogens (tertiary/aromatic N) is 5. The first kappa shape index (κ1) is 18.8. The van der Waals surface area contributed by atoms with Crippen LogP contribution in [0.3, 0.4) is 0 Å². The number of methoxy groups -OCH3 is 1. The largest absolute Gasteiger partial charge is 0.383 e. The van der Waals surface area contributed by atoms with Gasteiger partial charge in [0.05, 0.1) is 18.6 Å². The average molecular weight is 357 g/mol. The molecule has 134 valence electrons. The van der Waals surface area contributed by atoms with E-state index in [9.17, 15) is 8.42 Å². The molecule has 1 aromatic rings. The highest BCUT2D eigenvalue weighted by Crippen LogP contribution is 2.28. The maximum atomic E-state index is 12.9. The van der Waals surface area contributed by atoms with Crippen molar-refractivity contribution < 1.29 is 17.7 Å². The predicted molar refractivity (Wildman–Crippen MR) is 85.2 cm³/mol. The van der Waals surface area contributed by atoms with Gasteiger partial charge in [0.15, 0.2) is 5.82 Å². The van der Waals surface area contributed by atoms with Gasteiger partial charge in [-0.3, -0.25) is 0 Å². The second kappa shape index (κ2) is 8.53. The van der Waals surface area contributed by atoms with E-state index in [1.54, 1.807) is 6.92 Å². The molecule has 10 heteroatoms. The summed E-state index contributed by atoms with van der Waals surface area (Å²) in [5, 5.41) is 12.5. The smallest absolute Gasteiger partial charge is 0.282 e. The second-order valence-electron chi connectivity index (χ2n) is 5.68. The van der Waals surface area contributed by atoms with Crippen LogP contribution in [0.1, 0.15) is 36.9 Å². The molecule has 9 nitrogen and oxygen atoms in total. The second-order valence-corrected chi connectivity index (χ2v) is 7.61. The number of ether oxygens (including phenoxy) is 1. The first-order chi connectivity index (χ1) is 11.5. The van der Waals surface area contributed by atoms with E-state index in [0.29, 0.717) is 24.8 Å². The SMILES string of the molecule is COCCN(CCC#N)S(=O)(=O)N1CCC[C@H](c2nc(C)no2)C1. The van der Waals surface area contributed by atoms with E-state index in [2.05, 4.69) is 10.1 Å². The lowest BCUT2D eigenvalue weighted by atomic mass is 10.00. The van der Waals surface area contributed by atoms with Crippen LogP contribution in [0.15, 0.2) is 4.52 Å². The number of hydrogen-bond donors (Lipinski definition) is 0. The van der Waals surface area contributed by atoms with Crippen molar-refractivity contribution in [3.05, 3.63) is 11.7 Å². The molecule has 1 aliphatic rings. The zero-order chi connectivity index (χ0) is 17.6. The highest BCUT2D eigenvalue weighted by atomic mass is 32.2. The fourth-order valence-corrected chi connectivity index (χ4v) is 4.39. The van der Waals surface area contributed by atoms with Crippen LogP contribution in [-0.2, 0) is 14.9 Å². The topological polar surface area (TPSA) is 113 Å². The average Bonchev–Trinajstić information content (AvgIpc) is 3.01. The van der Waals surface area contributed by atoms with Gasteiger partial charge < -0.3 is 9.26 Å². The summed E-state index contributed by atoms with van der Waals surface area (Å²) >= 11 is 0. The summed E-state index contributed by atoms with van der Waals surface area (Å²) in [6, 6.07) is 1.99. The van der Waals surface area contributed by atoms with E-state index < -0.39 is 10.2 Å². The lowest BCUT2D eigenvalue weighted by Crippen LogP contribution is -2.48. The molecule has 1 aliphatic heterocycles. The third-order valence-electron chi connectivity index (χ3n) is 3.95. The van der Waals surface area contributed by atoms with E-state index in [1.807, 2.05) is 6.07 Å². The molecule has 1 aromatic heterocycles. The zero-order valence-electron chi connectivity index (χ0n) is 14.0. The van der Waals surface area contributed by atoms with Crippen molar-refractivity contribution in [2.45, 2.75) is 32.1 Å². The van der Waals surface area contributed by atoms with Crippen LogP contribution in [0.4, 0.5) is 0 Å². The van der Waals surface area contributed by atoms with Crippen LogP contribution in [0, 0.1) is 18.3 Å². The fourth-order valence-electron chi connectivity index (χ4n) is 2.71. The summed E-state index contributed by atoms with van der Waals surface area (Å²) in [4.78, 5) is 4.22. The van der Waals surface area contributed by atoms with E-state index in [4.69, 9.17) is 14.5 Å². The Kier molecular flexibility index (Phi) is 6.68. The summed E-state index contributed by atoms with van der Waals surface area (Å²) in [6.45, 7) is 3.15. The van der Waals surface area contributed by atoms with Gasteiger partial charge in [0.2, 0.25) is 5.89 Å². The molecule has 2 rings (SSSR count). The molecule has 0 N–H and O–H groups in total. The lowest BCUT2D eigenvalue weighted by Gasteiger charge is -2.34. The van der Waals surface area contributed by atoms with Crippen molar-refractivity contribution in [2.75, 3.05) is 39.9 Å². The van der Waals surface area contributed by atoms with Crippen LogP contribution < -0.4 is 0 Å². The van der Waals surface area contributed by atoms with Crippen molar-refractivity contribution in [1.82, 2.24) is 18.8 Å². The van der Waals surface area contributed by atoms with Gasteiger partial charge in [-0.2, -0.15) is 27.3 Å². The summed E-state index contributed by atoms with van der Waals surface area (Å²) in [6.07, 6.45) is 1.68. The molecule has 24 heavy (non-hydrogen) atoms. The highest BCUT2D eigenvalue weighted by molar-refractivity contribution is 7.86. The Morgan fingerprint density at radius 2 is 2.29 bits per heavy atom. The molecule has 1 atom stereocenters. The number of aryl methyl sites for hydroxylation is 1.